The van der Waals surface area contributed by atoms with E-state index in [1.165, 1.54) is 11.1 Å². The number of nitrogen functional groups attached to an aromatic ring is 1. The van der Waals surface area contributed by atoms with Crippen LogP contribution in [0, 0.1) is 10.8 Å². The van der Waals surface area contributed by atoms with Gasteiger partial charge in [-0.1, -0.05) is 52.0 Å². The van der Waals surface area contributed by atoms with Gasteiger partial charge in [-0.15, -0.1) is 0 Å². The lowest BCUT2D eigenvalue weighted by molar-refractivity contribution is 0.00576. The first-order valence-corrected chi connectivity index (χ1v) is 20.5. The molecule has 4 aromatic rings. The summed E-state index contributed by atoms with van der Waals surface area (Å²) >= 11 is 0. The van der Waals surface area contributed by atoms with Crippen molar-refractivity contribution in [2.75, 3.05) is 50.8 Å². The smallest absolute Gasteiger partial charge is 0.262 e. The number of rotatable bonds is 13. The highest BCUT2D eigenvalue weighted by Gasteiger charge is 2.44. The lowest BCUT2D eigenvalue weighted by Gasteiger charge is -2.35. The van der Waals surface area contributed by atoms with Gasteiger partial charge in [0.15, 0.2) is 17.2 Å². The quantitative estimate of drug-likeness (QED) is 0.0969. The summed E-state index contributed by atoms with van der Waals surface area (Å²) in [4.78, 5) is 40.3. The number of ether oxygens (including phenoxy) is 3. The summed E-state index contributed by atoms with van der Waals surface area (Å²) < 4.78 is 18.7. The Morgan fingerprint density at radius 2 is 1.41 bits per heavy atom. The number of aliphatic hydroxyl groups is 1. The fourth-order valence-electron chi connectivity index (χ4n) is 8.73. The van der Waals surface area contributed by atoms with Gasteiger partial charge in [-0.25, -0.2) is 0 Å². The Morgan fingerprint density at radius 1 is 0.787 bits per heavy atom. The minimum Gasteiger partial charge on any atom is -0.493 e. The molecule has 5 N–H and O–H groups in total. The third-order valence-corrected chi connectivity index (χ3v) is 11.6. The molecule has 2 atom stereocenters. The number of fused-ring (bicyclic) bond motifs is 4. The van der Waals surface area contributed by atoms with E-state index in [4.69, 9.17) is 24.9 Å². The number of benzene rings is 4. The molecule has 13 heteroatoms. The van der Waals surface area contributed by atoms with Gasteiger partial charge in [0.25, 0.3) is 11.8 Å². The molecular weight excluding hydrogens is 771 g/mol. The highest BCUT2D eigenvalue weighted by Crippen LogP contribution is 2.44. The SMILES string of the molecule is CNc1ccc(C2=CN3C(=O)c4cc(NC)c(OCC(C)(C)CC(C)(C)COc5cc6c(cc5OC)C(=O)N5C=C(c7ccc(N)cc7)C[C@H]5C=N6)cc4N=C[C@]3(O)C2)cc1. The maximum Gasteiger partial charge on any atom is 0.262 e. The predicted octanol–water partition coefficient (Wildman–Crippen LogP) is 8.52. The third-order valence-electron chi connectivity index (χ3n) is 11.6. The summed E-state index contributed by atoms with van der Waals surface area (Å²) in [7, 11) is 5.20. The Labute approximate surface area is 356 Å². The Hall–Kier alpha value is -6.60. The van der Waals surface area contributed by atoms with Gasteiger partial charge < -0.3 is 40.6 Å². The topological polar surface area (TPSA) is 163 Å². The van der Waals surface area contributed by atoms with Gasteiger partial charge in [-0.2, -0.15) is 0 Å². The third kappa shape index (κ3) is 8.17. The summed E-state index contributed by atoms with van der Waals surface area (Å²) in [5.41, 5.74) is 11.5. The number of nitrogens with one attached hydrogen (secondary N) is 2. The van der Waals surface area contributed by atoms with Crippen LogP contribution in [0.5, 0.6) is 17.2 Å². The number of hydrogen-bond acceptors (Lipinski definition) is 11. The minimum atomic E-state index is -1.60. The zero-order valence-corrected chi connectivity index (χ0v) is 35.7. The van der Waals surface area contributed by atoms with Crippen LogP contribution in [-0.2, 0) is 0 Å². The number of amides is 2. The van der Waals surface area contributed by atoms with E-state index in [2.05, 4.69) is 43.3 Å². The van der Waals surface area contributed by atoms with Crippen molar-refractivity contribution < 1.29 is 28.9 Å². The first kappa shape index (κ1) is 41.1. The molecule has 13 nitrogen and oxygen atoms in total. The molecule has 0 saturated heterocycles. The average molecular weight is 824 g/mol. The van der Waals surface area contributed by atoms with Crippen LogP contribution < -0.4 is 30.6 Å². The van der Waals surface area contributed by atoms with Crippen LogP contribution in [0.4, 0.5) is 28.4 Å². The van der Waals surface area contributed by atoms with Crippen molar-refractivity contribution >= 4 is 63.8 Å². The zero-order valence-electron chi connectivity index (χ0n) is 35.7. The van der Waals surface area contributed by atoms with Crippen LogP contribution in [0.3, 0.4) is 0 Å². The van der Waals surface area contributed by atoms with E-state index in [0.29, 0.717) is 70.8 Å². The summed E-state index contributed by atoms with van der Waals surface area (Å²) in [6, 6.07) is 22.3. The van der Waals surface area contributed by atoms with Crippen molar-refractivity contribution in [3.8, 4) is 17.2 Å². The van der Waals surface area contributed by atoms with Gasteiger partial charge in [0, 0.05) is 69.1 Å². The summed E-state index contributed by atoms with van der Waals surface area (Å²) in [5, 5.41) is 18.0. The predicted molar refractivity (Wildman–Crippen MR) is 242 cm³/mol. The second-order valence-electron chi connectivity index (χ2n) is 17.7. The number of aliphatic imine (C=N–C) groups is 2. The monoisotopic (exact) mass is 823 g/mol. The number of nitrogens with zero attached hydrogens (tertiary/aromatic N) is 4. The molecule has 61 heavy (non-hydrogen) atoms. The Balaban J connectivity index is 0.928. The fraction of sp³-hybridized carbons (Fsp3) is 0.333. The Kier molecular flexibility index (Phi) is 10.6. The van der Waals surface area contributed by atoms with Gasteiger partial charge in [0.2, 0.25) is 0 Å². The largest absolute Gasteiger partial charge is 0.493 e. The van der Waals surface area contributed by atoms with Gasteiger partial charge in [-0.05, 0) is 75.9 Å². The van der Waals surface area contributed by atoms with Crippen LogP contribution in [-0.4, -0.2) is 85.3 Å². The average Bonchev–Trinajstić information content (AvgIpc) is 3.78. The van der Waals surface area contributed by atoms with E-state index in [9.17, 15) is 14.7 Å². The second-order valence-corrected chi connectivity index (χ2v) is 17.7. The van der Waals surface area contributed by atoms with E-state index >= 15 is 0 Å². The van der Waals surface area contributed by atoms with Crippen molar-refractivity contribution in [2.45, 2.75) is 58.7 Å². The van der Waals surface area contributed by atoms with E-state index < -0.39 is 5.72 Å². The number of methoxy groups -OCH3 is 1. The molecule has 316 valence electrons. The highest BCUT2D eigenvalue weighted by molar-refractivity contribution is 6.07. The van der Waals surface area contributed by atoms with Crippen LogP contribution in [0.25, 0.3) is 11.1 Å². The maximum absolute atomic E-state index is 14.0. The Bertz CT molecular complexity index is 2510. The second kappa shape index (κ2) is 15.8. The minimum absolute atomic E-state index is 0.153. The molecule has 0 fully saturated rings. The highest BCUT2D eigenvalue weighted by atomic mass is 16.5. The zero-order chi connectivity index (χ0) is 43.3. The molecular formula is C48H53N7O6. The van der Waals surface area contributed by atoms with Crippen molar-refractivity contribution in [3.05, 3.63) is 107 Å². The van der Waals surface area contributed by atoms with Crippen molar-refractivity contribution in [2.24, 2.45) is 20.8 Å². The molecule has 4 aliphatic heterocycles. The summed E-state index contributed by atoms with van der Waals surface area (Å²) in [5.74, 6) is 0.999. The first-order chi connectivity index (χ1) is 29.1. The van der Waals surface area contributed by atoms with Gasteiger partial charge in [0.05, 0.1) is 60.8 Å². The van der Waals surface area contributed by atoms with Gasteiger partial charge >= 0.3 is 0 Å². The molecule has 4 aromatic carbocycles. The lowest BCUT2D eigenvalue weighted by Crippen LogP contribution is -2.46. The van der Waals surface area contributed by atoms with Crippen LogP contribution in [0.2, 0.25) is 0 Å². The number of nitrogens with two attached hydrogens (primary N) is 1. The molecule has 4 heterocycles. The van der Waals surface area contributed by atoms with E-state index in [1.807, 2.05) is 68.0 Å². The molecule has 0 spiro atoms. The summed E-state index contributed by atoms with van der Waals surface area (Å²) in [6.45, 7) is 9.29. The number of hydrogen-bond donors (Lipinski definition) is 4. The van der Waals surface area contributed by atoms with Gasteiger partial charge in [-0.3, -0.25) is 24.5 Å². The van der Waals surface area contributed by atoms with Crippen molar-refractivity contribution in [3.63, 3.8) is 0 Å². The molecule has 0 saturated carbocycles. The molecule has 0 bridgehead atoms. The molecule has 0 radical (unpaired) electrons. The molecule has 2 amide bonds. The first-order valence-electron chi connectivity index (χ1n) is 20.5. The molecule has 0 aromatic heterocycles. The van der Waals surface area contributed by atoms with Gasteiger partial charge in [0.1, 0.15) is 5.75 Å². The maximum atomic E-state index is 14.0. The Morgan fingerprint density at radius 3 is 2.08 bits per heavy atom. The van der Waals surface area contributed by atoms with E-state index in [1.54, 1.807) is 49.5 Å². The van der Waals surface area contributed by atoms with E-state index in [0.717, 1.165) is 34.4 Å². The number of anilines is 3. The molecule has 0 unspecified atom stereocenters. The standard InChI is InChI=1S/C48H53N7O6/c1-46(2,27-60-41-19-39-36(17-40(41)51-6)45(57)55-24-32(21-48(55,58)26-53-39)30-10-14-34(50-5)15-11-30)25-47(3,4)28-61-43-20-38-37(18-42(43)59-7)44(56)54-23-31(16-35(54)22-52-38)29-8-12-33(49)13-9-29/h8-15,17-20,22-24,26,35,50-51,58H,16,21,25,27-28,49H2,1-7H3/t35-,48+/m0/s1. The molecule has 8 rings (SSSR count). The summed E-state index contributed by atoms with van der Waals surface area (Å²) in [6.07, 6.45) is 8.47. The molecule has 0 aliphatic carbocycles. The van der Waals surface area contributed by atoms with Crippen molar-refractivity contribution in [1.82, 2.24) is 9.80 Å². The molecule has 4 aliphatic rings. The van der Waals surface area contributed by atoms with Crippen LogP contribution in [0.1, 0.15) is 78.8 Å². The lowest BCUT2D eigenvalue weighted by atomic mass is 9.76. The normalized spacial score (nSPS) is 19.2. The number of carbonyl (C=O) groups is 2. The number of carbonyl (C=O) groups excluding carboxylic acids is 2. The van der Waals surface area contributed by atoms with Crippen LogP contribution >= 0.6 is 0 Å². The van der Waals surface area contributed by atoms with Crippen molar-refractivity contribution in [1.29, 1.82) is 0 Å². The van der Waals surface area contributed by atoms with E-state index in [-0.39, 0.29) is 35.1 Å². The van der Waals surface area contributed by atoms with Crippen LogP contribution in [0.15, 0.2) is 95.2 Å². The fourth-order valence-corrected chi connectivity index (χ4v) is 8.73.